The van der Waals surface area contributed by atoms with Gasteiger partial charge >= 0.3 is 5.91 Å². The average Bonchev–Trinajstić information content (AvgIpc) is 3.22. The van der Waals surface area contributed by atoms with Gasteiger partial charge in [-0.15, -0.1) is 0 Å². The highest BCUT2D eigenvalue weighted by Gasteiger charge is 2.20. The zero-order valence-electron chi connectivity index (χ0n) is 19.2. The molecule has 4 rings (SSSR count). The lowest BCUT2D eigenvalue weighted by Gasteiger charge is -2.12. The first kappa shape index (κ1) is 23.5. The number of benzene rings is 3. The number of rotatable bonds is 8. The number of aryl methyl sites for hydroxylation is 1. The number of ketones is 1. The van der Waals surface area contributed by atoms with Gasteiger partial charge in [-0.3, -0.25) is 20.6 Å². The molecule has 0 aliphatic heterocycles. The van der Waals surface area contributed by atoms with Crippen LogP contribution in [0.1, 0.15) is 51.1 Å². The molecule has 0 radical (unpaired) electrons. The number of carbonyl (C=O) groups is 3. The normalized spacial score (nSPS) is 11.6. The highest BCUT2D eigenvalue weighted by atomic mass is 16.2. The van der Waals surface area contributed by atoms with Crippen LogP contribution in [0.15, 0.2) is 72.8 Å². The highest BCUT2D eigenvalue weighted by Crippen LogP contribution is 2.27. The monoisotopic (exact) mass is 466 g/mol. The van der Waals surface area contributed by atoms with Crippen LogP contribution in [0.25, 0.3) is 11.0 Å². The second-order valence-electron chi connectivity index (χ2n) is 8.22. The average molecular weight is 467 g/mol. The number of imidazole rings is 1. The topological polar surface area (TPSA) is 132 Å². The third kappa shape index (κ3) is 5.16. The molecule has 0 aliphatic carbocycles. The number of hydrogen-bond acceptors (Lipinski definition) is 5. The third-order valence-corrected chi connectivity index (χ3v) is 5.84. The first-order chi connectivity index (χ1) is 16.9. The lowest BCUT2D eigenvalue weighted by Crippen LogP contribution is -2.57. The van der Waals surface area contributed by atoms with E-state index in [2.05, 4.69) is 16.0 Å². The van der Waals surface area contributed by atoms with Crippen molar-refractivity contribution in [2.75, 3.05) is 5.32 Å². The van der Waals surface area contributed by atoms with Crippen LogP contribution in [0.3, 0.4) is 0 Å². The van der Waals surface area contributed by atoms with E-state index < -0.39 is 0 Å². The van der Waals surface area contributed by atoms with Crippen LogP contribution in [0.5, 0.6) is 0 Å². The summed E-state index contributed by atoms with van der Waals surface area (Å²) in [5.74, 6) is -0.712. The van der Waals surface area contributed by atoms with Crippen LogP contribution >= 0.6 is 0 Å². The fraction of sp³-hybridized carbons (Fsp3) is 0.148. The molecule has 0 saturated carbocycles. The molecule has 35 heavy (non-hydrogen) atoms. The van der Waals surface area contributed by atoms with Gasteiger partial charge in [0.1, 0.15) is 0 Å². The number of fused-ring (bicyclic) bond motifs is 1. The minimum Gasteiger partial charge on any atom is -0.309 e. The quantitative estimate of drug-likeness (QED) is 0.385. The Kier molecular flexibility index (Phi) is 6.81. The molecule has 4 aromatic rings. The zero-order valence-corrected chi connectivity index (χ0v) is 19.2. The number of nitrogens with one attached hydrogen (secondary N) is 1. The Hall–Kier alpha value is -4.61. The van der Waals surface area contributed by atoms with Crippen molar-refractivity contribution in [3.8, 4) is 6.07 Å². The van der Waals surface area contributed by atoms with E-state index in [1.165, 1.54) is 0 Å². The number of Topliss-reactive ketones (excluding diaryl/α,β-unsaturated/α-hetero) is 1. The van der Waals surface area contributed by atoms with E-state index in [0.29, 0.717) is 28.8 Å². The number of nitrogens with zero attached hydrogens (tertiary/aromatic N) is 3. The number of hydrogen-bond donors (Lipinski definition) is 2. The molecule has 0 fully saturated rings. The van der Waals surface area contributed by atoms with Gasteiger partial charge in [-0.05, 0) is 42.0 Å². The van der Waals surface area contributed by atoms with Crippen LogP contribution in [0.4, 0.5) is 5.95 Å². The first-order valence-corrected chi connectivity index (χ1v) is 11.1. The van der Waals surface area contributed by atoms with Crippen LogP contribution in [-0.2, 0) is 11.3 Å². The van der Waals surface area contributed by atoms with Gasteiger partial charge in [-0.1, -0.05) is 43.3 Å². The van der Waals surface area contributed by atoms with Crippen molar-refractivity contribution >= 4 is 34.6 Å². The summed E-state index contributed by atoms with van der Waals surface area (Å²) in [5.41, 5.74) is 7.02. The number of quaternary nitrogens is 1. The van der Waals surface area contributed by atoms with Gasteiger partial charge in [0.2, 0.25) is 5.95 Å². The summed E-state index contributed by atoms with van der Waals surface area (Å²) in [6, 6.07) is 22.9. The van der Waals surface area contributed by atoms with Crippen molar-refractivity contribution in [1.29, 1.82) is 5.26 Å². The van der Waals surface area contributed by atoms with Gasteiger partial charge in [-0.2, -0.15) is 5.26 Å². The van der Waals surface area contributed by atoms with E-state index in [4.69, 9.17) is 5.26 Å². The molecule has 1 aromatic heterocycles. The van der Waals surface area contributed by atoms with E-state index in [1.807, 2.05) is 49.4 Å². The lowest BCUT2D eigenvalue weighted by molar-refractivity contribution is -0.305. The third-order valence-electron chi connectivity index (χ3n) is 5.84. The summed E-state index contributed by atoms with van der Waals surface area (Å²) < 4.78 is 1.76. The van der Waals surface area contributed by atoms with Gasteiger partial charge in [-0.25, -0.2) is 9.78 Å². The van der Waals surface area contributed by atoms with Crippen molar-refractivity contribution in [1.82, 2.24) is 9.55 Å². The number of aromatic nitrogens is 2. The molecule has 2 amide bonds. The van der Waals surface area contributed by atoms with E-state index in [0.717, 1.165) is 11.1 Å². The fourth-order valence-corrected chi connectivity index (χ4v) is 3.85. The number of anilines is 1. The van der Waals surface area contributed by atoms with E-state index in [1.54, 1.807) is 41.0 Å². The molecule has 8 heteroatoms. The van der Waals surface area contributed by atoms with Gasteiger partial charge in [0.25, 0.3) is 5.91 Å². The Morgan fingerprint density at radius 1 is 1.03 bits per heavy atom. The van der Waals surface area contributed by atoms with Gasteiger partial charge in [0, 0.05) is 23.6 Å². The molecule has 0 spiro atoms. The minimum absolute atomic E-state index is 0.00128. The van der Waals surface area contributed by atoms with Crippen LogP contribution in [-0.4, -0.2) is 27.1 Å². The fourth-order valence-electron chi connectivity index (χ4n) is 3.85. The Morgan fingerprint density at radius 3 is 2.40 bits per heavy atom. The van der Waals surface area contributed by atoms with Crippen LogP contribution in [0.2, 0.25) is 0 Å². The van der Waals surface area contributed by atoms with Crippen molar-refractivity contribution in [3.05, 3.63) is 95.1 Å². The molecule has 0 aliphatic rings. The van der Waals surface area contributed by atoms with Crippen molar-refractivity contribution in [3.63, 3.8) is 0 Å². The van der Waals surface area contributed by atoms with E-state index in [-0.39, 0.29) is 35.9 Å². The summed E-state index contributed by atoms with van der Waals surface area (Å²) >= 11 is 0. The number of nitriles is 1. The summed E-state index contributed by atoms with van der Waals surface area (Å²) in [4.78, 5) is 41.9. The van der Waals surface area contributed by atoms with Crippen molar-refractivity contribution in [2.24, 2.45) is 0 Å². The highest BCUT2D eigenvalue weighted by molar-refractivity contribution is 6.04. The standard InChI is InChI=1S/C27H23N5O3/c1-17(25(34)19-5-3-2-4-6-19)21-11-12-23-22(15-21)30-27(32(23)14-13-24(29)33)31-26(35)20-9-7-18(16-28)8-10-20/h2-12,15,17H,13-14H2,1H3,(H2,29,33)(H,30,31,35)/p+1. The SMILES string of the molecule is CC(C(=O)c1ccccc1)c1ccc2c(c1)nc(NC(=O)c1ccc(C#N)cc1)n2CCC([NH3+])=O. The molecule has 1 heterocycles. The van der Waals surface area contributed by atoms with Crippen molar-refractivity contribution in [2.45, 2.75) is 25.8 Å². The molecule has 3 aromatic carbocycles. The molecular weight excluding hydrogens is 442 g/mol. The Morgan fingerprint density at radius 2 is 1.74 bits per heavy atom. The van der Waals surface area contributed by atoms with Gasteiger partial charge in [0.15, 0.2) is 5.78 Å². The summed E-state index contributed by atoms with van der Waals surface area (Å²) in [7, 11) is 0. The van der Waals surface area contributed by atoms with E-state index in [9.17, 15) is 14.4 Å². The predicted octanol–water partition coefficient (Wildman–Crippen LogP) is 3.31. The second kappa shape index (κ2) is 10.1. The molecule has 174 valence electrons. The summed E-state index contributed by atoms with van der Waals surface area (Å²) in [5, 5.41) is 11.8. The van der Waals surface area contributed by atoms with Crippen molar-refractivity contribution < 1.29 is 20.1 Å². The molecular formula is C27H24N5O3+. The molecule has 1 unspecified atom stereocenters. The summed E-state index contributed by atoms with van der Waals surface area (Å²) in [6.07, 6.45) is 0.176. The largest absolute Gasteiger partial charge is 0.310 e. The smallest absolute Gasteiger partial charge is 0.309 e. The summed E-state index contributed by atoms with van der Waals surface area (Å²) in [6.45, 7) is 2.14. The zero-order chi connectivity index (χ0) is 24.9. The lowest BCUT2D eigenvalue weighted by atomic mass is 9.92. The maximum Gasteiger partial charge on any atom is 0.310 e. The predicted molar refractivity (Wildman–Crippen MR) is 131 cm³/mol. The minimum atomic E-state index is -0.389. The van der Waals surface area contributed by atoms with Gasteiger partial charge in [0.05, 0.1) is 29.1 Å². The number of amides is 2. The molecule has 0 saturated heterocycles. The molecule has 1 atom stereocenters. The van der Waals surface area contributed by atoms with Gasteiger partial charge < -0.3 is 4.57 Å². The maximum absolute atomic E-state index is 12.9. The van der Waals surface area contributed by atoms with E-state index >= 15 is 0 Å². The second-order valence-corrected chi connectivity index (χ2v) is 8.22. The Bertz CT molecular complexity index is 1450. The Balaban J connectivity index is 1.67. The van der Waals surface area contributed by atoms with Crippen LogP contribution in [0, 0.1) is 11.3 Å². The first-order valence-electron chi connectivity index (χ1n) is 11.1. The van der Waals surface area contributed by atoms with Crippen LogP contribution < -0.4 is 11.1 Å². The molecule has 8 nitrogen and oxygen atoms in total. The molecule has 0 bridgehead atoms. The number of carbonyl (C=O) groups excluding carboxylic acids is 3. The molecule has 4 N–H and O–H groups in total. The maximum atomic E-state index is 12.9. The Labute approximate surface area is 202 Å².